The van der Waals surface area contributed by atoms with Crippen molar-refractivity contribution in [2.24, 2.45) is 11.8 Å². The highest BCUT2D eigenvalue weighted by atomic mass is 79.9. The fourth-order valence-corrected chi connectivity index (χ4v) is 3.80. The third kappa shape index (κ3) is 4.32. The number of Topliss-reactive ketones (excluding diaryl/α,β-unsaturated/α-hetero) is 1. The zero-order valence-electron chi connectivity index (χ0n) is 13.0. The number of unbranched alkanes of at least 4 members (excludes halogenated alkanes) is 1. The van der Waals surface area contributed by atoms with Gasteiger partial charge in [0.15, 0.2) is 5.78 Å². The van der Waals surface area contributed by atoms with Crippen LogP contribution in [0, 0.1) is 11.8 Å². The van der Waals surface area contributed by atoms with Gasteiger partial charge in [0.2, 0.25) is 0 Å². The van der Waals surface area contributed by atoms with Crippen LogP contribution in [0.15, 0.2) is 22.7 Å². The summed E-state index contributed by atoms with van der Waals surface area (Å²) in [5, 5.41) is 0. The first-order chi connectivity index (χ1) is 10.2. The van der Waals surface area contributed by atoms with Crippen molar-refractivity contribution in [1.82, 2.24) is 0 Å². The van der Waals surface area contributed by atoms with Gasteiger partial charge < -0.3 is 4.74 Å². The summed E-state index contributed by atoms with van der Waals surface area (Å²) in [6, 6.07) is 5.62. The van der Waals surface area contributed by atoms with Crippen LogP contribution in [-0.2, 0) is 0 Å². The second kappa shape index (κ2) is 7.98. The van der Waals surface area contributed by atoms with Crippen LogP contribution in [-0.4, -0.2) is 12.9 Å². The number of hydrogen-bond donors (Lipinski definition) is 0. The van der Waals surface area contributed by atoms with E-state index in [0.717, 1.165) is 34.5 Å². The van der Waals surface area contributed by atoms with Gasteiger partial charge in [0.25, 0.3) is 0 Å². The van der Waals surface area contributed by atoms with Crippen LogP contribution >= 0.6 is 15.9 Å². The molecule has 1 aromatic rings. The van der Waals surface area contributed by atoms with Crippen molar-refractivity contribution in [2.45, 2.75) is 51.9 Å². The van der Waals surface area contributed by atoms with Crippen LogP contribution in [0.2, 0.25) is 0 Å². The van der Waals surface area contributed by atoms with Crippen molar-refractivity contribution < 1.29 is 9.53 Å². The Morgan fingerprint density at radius 2 is 2.00 bits per heavy atom. The quantitative estimate of drug-likeness (QED) is 0.619. The number of ether oxygens (including phenoxy) is 1. The molecular weight excluding hydrogens is 328 g/mol. The molecule has 21 heavy (non-hydrogen) atoms. The smallest absolute Gasteiger partial charge is 0.167 e. The summed E-state index contributed by atoms with van der Waals surface area (Å²) in [5.41, 5.74) is 0.799. The normalized spacial score (nSPS) is 22.0. The molecule has 0 aromatic heterocycles. The molecule has 0 aliphatic heterocycles. The molecule has 0 atom stereocenters. The van der Waals surface area contributed by atoms with Gasteiger partial charge in [-0.2, -0.15) is 0 Å². The summed E-state index contributed by atoms with van der Waals surface area (Å²) in [6.07, 6.45) is 8.46. The molecule has 2 rings (SSSR count). The van der Waals surface area contributed by atoms with E-state index in [0.29, 0.717) is 5.78 Å². The second-order valence-corrected chi connectivity index (χ2v) is 6.92. The van der Waals surface area contributed by atoms with Crippen molar-refractivity contribution in [3.05, 3.63) is 28.2 Å². The number of hydrogen-bond acceptors (Lipinski definition) is 2. The lowest BCUT2D eigenvalue weighted by atomic mass is 9.77. The zero-order valence-corrected chi connectivity index (χ0v) is 14.6. The molecule has 0 radical (unpaired) electrons. The predicted octanol–water partition coefficient (Wildman–Crippen LogP) is 5.64. The molecular formula is C18H25BrO2. The van der Waals surface area contributed by atoms with Gasteiger partial charge in [-0.15, -0.1) is 0 Å². The van der Waals surface area contributed by atoms with Gasteiger partial charge in [-0.3, -0.25) is 4.79 Å². The van der Waals surface area contributed by atoms with Crippen molar-refractivity contribution in [1.29, 1.82) is 0 Å². The third-order valence-electron chi connectivity index (χ3n) is 4.63. The molecule has 0 bridgehead atoms. The molecule has 0 saturated heterocycles. The summed E-state index contributed by atoms with van der Waals surface area (Å²) in [5.74, 6) is 2.11. The molecule has 0 N–H and O–H groups in total. The Kier molecular flexibility index (Phi) is 6.28. The molecule has 1 aromatic carbocycles. The van der Waals surface area contributed by atoms with E-state index in [1.807, 2.05) is 18.2 Å². The highest BCUT2D eigenvalue weighted by molar-refractivity contribution is 9.10. The maximum Gasteiger partial charge on any atom is 0.167 e. The fraction of sp³-hybridized carbons (Fsp3) is 0.611. The van der Waals surface area contributed by atoms with E-state index in [1.165, 1.54) is 32.1 Å². The van der Waals surface area contributed by atoms with Crippen LogP contribution in [0.1, 0.15) is 62.2 Å². The van der Waals surface area contributed by atoms with Crippen LogP contribution in [0.5, 0.6) is 5.75 Å². The van der Waals surface area contributed by atoms with E-state index in [1.54, 1.807) is 7.11 Å². The lowest BCUT2D eigenvalue weighted by Gasteiger charge is -2.27. The Hall–Kier alpha value is -0.830. The fourth-order valence-electron chi connectivity index (χ4n) is 3.25. The Balaban J connectivity index is 1.95. The standard InChI is InChI=1S/C18H25BrO2/c1-3-4-5-13-6-8-14(9-7-13)18(20)16-11-10-15(21-2)12-17(16)19/h10-14H,3-9H2,1-2H3. The lowest BCUT2D eigenvalue weighted by molar-refractivity contribution is 0.0868. The molecule has 1 aliphatic rings. The number of methoxy groups -OCH3 is 1. The molecule has 1 fully saturated rings. The van der Waals surface area contributed by atoms with Crippen molar-refractivity contribution in [3.8, 4) is 5.75 Å². The van der Waals surface area contributed by atoms with Gasteiger partial charge in [-0.05, 0) is 65.7 Å². The van der Waals surface area contributed by atoms with Gasteiger partial charge in [0.05, 0.1) is 7.11 Å². The minimum absolute atomic E-state index is 0.201. The molecule has 0 amide bonds. The minimum atomic E-state index is 0.201. The zero-order chi connectivity index (χ0) is 15.2. The van der Waals surface area contributed by atoms with E-state index < -0.39 is 0 Å². The maximum atomic E-state index is 12.7. The molecule has 116 valence electrons. The summed E-state index contributed by atoms with van der Waals surface area (Å²) < 4.78 is 6.03. The average Bonchev–Trinajstić information content (AvgIpc) is 2.52. The first-order valence-corrected chi connectivity index (χ1v) is 8.82. The Morgan fingerprint density at radius 3 is 2.57 bits per heavy atom. The summed E-state index contributed by atoms with van der Waals surface area (Å²) >= 11 is 3.50. The van der Waals surface area contributed by atoms with Crippen LogP contribution in [0.25, 0.3) is 0 Å². The van der Waals surface area contributed by atoms with E-state index in [9.17, 15) is 4.79 Å². The lowest BCUT2D eigenvalue weighted by Crippen LogP contribution is -2.22. The molecule has 1 saturated carbocycles. The molecule has 1 aliphatic carbocycles. The molecule has 0 unspecified atom stereocenters. The second-order valence-electron chi connectivity index (χ2n) is 6.07. The van der Waals surface area contributed by atoms with Crippen molar-refractivity contribution in [2.75, 3.05) is 7.11 Å². The van der Waals surface area contributed by atoms with Crippen LogP contribution in [0.3, 0.4) is 0 Å². The number of benzene rings is 1. The Bertz CT molecular complexity index is 476. The van der Waals surface area contributed by atoms with Crippen molar-refractivity contribution in [3.63, 3.8) is 0 Å². The van der Waals surface area contributed by atoms with E-state index >= 15 is 0 Å². The highest BCUT2D eigenvalue weighted by Gasteiger charge is 2.27. The molecule has 2 nitrogen and oxygen atoms in total. The van der Waals surface area contributed by atoms with E-state index in [2.05, 4.69) is 22.9 Å². The van der Waals surface area contributed by atoms with Crippen LogP contribution in [0.4, 0.5) is 0 Å². The highest BCUT2D eigenvalue weighted by Crippen LogP contribution is 2.35. The number of halogens is 1. The van der Waals surface area contributed by atoms with Crippen LogP contribution < -0.4 is 4.74 Å². The number of ketones is 1. The number of carbonyl (C=O) groups is 1. The van der Waals surface area contributed by atoms with Gasteiger partial charge in [0, 0.05) is 16.0 Å². The first-order valence-electron chi connectivity index (χ1n) is 8.03. The summed E-state index contributed by atoms with van der Waals surface area (Å²) in [7, 11) is 1.64. The van der Waals surface area contributed by atoms with Crippen molar-refractivity contribution >= 4 is 21.7 Å². The average molecular weight is 353 g/mol. The summed E-state index contributed by atoms with van der Waals surface area (Å²) in [6.45, 7) is 2.25. The van der Waals surface area contributed by atoms with Gasteiger partial charge >= 0.3 is 0 Å². The van der Waals surface area contributed by atoms with Gasteiger partial charge in [-0.1, -0.05) is 26.2 Å². The monoisotopic (exact) mass is 352 g/mol. The molecule has 3 heteroatoms. The largest absolute Gasteiger partial charge is 0.497 e. The van der Waals surface area contributed by atoms with Gasteiger partial charge in [-0.25, -0.2) is 0 Å². The predicted molar refractivity (Wildman–Crippen MR) is 90.0 cm³/mol. The third-order valence-corrected chi connectivity index (χ3v) is 5.28. The SMILES string of the molecule is CCCCC1CCC(C(=O)c2ccc(OC)cc2Br)CC1. The number of rotatable bonds is 6. The minimum Gasteiger partial charge on any atom is -0.497 e. The van der Waals surface area contributed by atoms with Gasteiger partial charge in [0.1, 0.15) is 5.75 Å². The number of carbonyl (C=O) groups excluding carboxylic acids is 1. The Morgan fingerprint density at radius 1 is 1.29 bits per heavy atom. The summed E-state index contributed by atoms with van der Waals surface area (Å²) in [4.78, 5) is 12.7. The van der Waals surface area contributed by atoms with E-state index in [4.69, 9.17) is 4.74 Å². The Labute approximate surface area is 136 Å². The first kappa shape index (κ1) is 16.5. The topological polar surface area (TPSA) is 26.3 Å². The maximum absolute atomic E-state index is 12.7. The molecule has 0 heterocycles. The van der Waals surface area contributed by atoms with E-state index in [-0.39, 0.29) is 5.92 Å². The molecule has 0 spiro atoms.